The van der Waals surface area contributed by atoms with Crippen molar-refractivity contribution in [3.05, 3.63) is 57.8 Å². The number of hydrogen-bond acceptors (Lipinski definition) is 3. The lowest BCUT2D eigenvalue weighted by molar-refractivity contribution is 0.290. The molecule has 112 valence electrons. The predicted octanol–water partition coefficient (Wildman–Crippen LogP) is 3.12. The maximum Gasteiger partial charge on any atom is 0.241 e. The minimum atomic E-state index is -3.94. The molecule has 7 heteroatoms. The van der Waals surface area contributed by atoms with Crippen molar-refractivity contribution in [3.63, 3.8) is 0 Å². The van der Waals surface area contributed by atoms with E-state index in [0.29, 0.717) is 15.6 Å². The molecular weight excluding hydrogens is 361 g/mol. The Balaban J connectivity index is 2.39. The van der Waals surface area contributed by atoms with Crippen LogP contribution < -0.4 is 9.88 Å². The molecule has 0 aliphatic heterocycles. The van der Waals surface area contributed by atoms with Crippen LogP contribution >= 0.6 is 15.9 Å². The summed E-state index contributed by atoms with van der Waals surface area (Å²) in [6.45, 7) is 1.60. The Morgan fingerprint density at radius 3 is 2.57 bits per heavy atom. The molecule has 0 heterocycles. The van der Waals surface area contributed by atoms with E-state index in [-0.39, 0.29) is 17.3 Å². The summed E-state index contributed by atoms with van der Waals surface area (Å²) in [6.07, 6.45) is 0. The summed E-state index contributed by atoms with van der Waals surface area (Å²) in [4.78, 5) is -0.134. The van der Waals surface area contributed by atoms with Crippen molar-refractivity contribution in [2.45, 2.75) is 18.4 Å². The van der Waals surface area contributed by atoms with Gasteiger partial charge in [0.25, 0.3) is 0 Å². The SMILES string of the molecule is Cc1cc(Br)cc(S(N)(=O)=O)c1OCc1ccccc1F. The molecule has 0 aliphatic rings. The van der Waals surface area contributed by atoms with Crippen molar-refractivity contribution >= 4 is 26.0 Å². The average molecular weight is 374 g/mol. The largest absolute Gasteiger partial charge is 0.487 e. The van der Waals surface area contributed by atoms with Gasteiger partial charge in [-0.3, -0.25) is 0 Å². The van der Waals surface area contributed by atoms with Crippen molar-refractivity contribution in [2.24, 2.45) is 5.14 Å². The van der Waals surface area contributed by atoms with Gasteiger partial charge in [0, 0.05) is 10.0 Å². The average Bonchev–Trinajstić information content (AvgIpc) is 2.37. The van der Waals surface area contributed by atoms with E-state index in [2.05, 4.69) is 15.9 Å². The fourth-order valence-electron chi connectivity index (χ4n) is 1.86. The lowest BCUT2D eigenvalue weighted by Crippen LogP contribution is -2.15. The van der Waals surface area contributed by atoms with Gasteiger partial charge in [-0.05, 0) is 30.7 Å². The van der Waals surface area contributed by atoms with E-state index in [0.717, 1.165) is 0 Å². The highest BCUT2D eigenvalue weighted by Crippen LogP contribution is 2.31. The fraction of sp³-hybridized carbons (Fsp3) is 0.143. The van der Waals surface area contributed by atoms with Crippen LogP contribution in [-0.4, -0.2) is 8.42 Å². The smallest absolute Gasteiger partial charge is 0.241 e. The lowest BCUT2D eigenvalue weighted by atomic mass is 10.2. The van der Waals surface area contributed by atoms with E-state index in [9.17, 15) is 12.8 Å². The molecule has 0 aromatic heterocycles. The number of nitrogens with two attached hydrogens (primary N) is 1. The van der Waals surface area contributed by atoms with Crippen molar-refractivity contribution in [1.29, 1.82) is 0 Å². The van der Waals surface area contributed by atoms with Gasteiger partial charge in [0.2, 0.25) is 10.0 Å². The van der Waals surface area contributed by atoms with Crippen LogP contribution in [0.3, 0.4) is 0 Å². The van der Waals surface area contributed by atoms with Crippen LogP contribution in [0.25, 0.3) is 0 Å². The maximum atomic E-state index is 13.6. The number of primary sulfonamides is 1. The fourth-order valence-corrected chi connectivity index (χ4v) is 3.35. The zero-order valence-electron chi connectivity index (χ0n) is 11.1. The first-order valence-corrected chi connectivity index (χ1v) is 8.32. The van der Waals surface area contributed by atoms with Crippen LogP contribution in [0.15, 0.2) is 45.8 Å². The number of ether oxygens (including phenoxy) is 1. The molecule has 0 saturated carbocycles. The van der Waals surface area contributed by atoms with Gasteiger partial charge >= 0.3 is 0 Å². The van der Waals surface area contributed by atoms with Gasteiger partial charge in [0.15, 0.2) is 0 Å². The minimum absolute atomic E-state index is 0.0856. The first-order valence-electron chi connectivity index (χ1n) is 5.98. The number of benzene rings is 2. The number of aryl methyl sites for hydroxylation is 1. The highest BCUT2D eigenvalue weighted by atomic mass is 79.9. The molecule has 0 spiro atoms. The molecule has 2 aromatic carbocycles. The minimum Gasteiger partial charge on any atom is -0.487 e. The van der Waals surface area contributed by atoms with E-state index in [1.807, 2.05) is 0 Å². The third kappa shape index (κ3) is 3.81. The molecule has 0 radical (unpaired) electrons. The van der Waals surface area contributed by atoms with Crippen molar-refractivity contribution in [3.8, 4) is 5.75 Å². The summed E-state index contributed by atoms with van der Waals surface area (Å²) in [5, 5.41) is 5.19. The van der Waals surface area contributed by atoms with Crippen LogP contribution in [-0.2, 0) is 16.6 Å². The third-order valence-corrected chi connectivity index (χ3v) is 4.22. The normalized spacial score (nSPS) is 11.4. The quantitative estimate of drug-likeness (QED) is 0.894. The van der Waals surface area contributed by atoms with E-state index in [1.54, 1.807) is 31.2 Å². The Morgan fingerprint density at radius 2 is 1.95 bits per heavy atom. The molecule has 0 atom stereocenters. The highest BCUT2D eigenvalue weighted by Gasteiger charge is 2.19. The zero-order chi connectivity index (χ0) is 15.6. The van der Waals surface area contributed by atoms with Crippen molar-refractivity contribution in [1.82, 2.24) is 0 Å². The lowest BCUT2D eigenvalue weighted by Gasteiger charge is -2.14. The summed E-state index contributed by atoms with van der Waals surface area (Å²) < 4.78 is 42.9. The van der Waals surface area contributed by atoms with E-state index in [1.165, 1.54) is 12.1 Å². The van der Waals surface area contributed by atoms with Gasteiger partial charge in [-0.25, -0.2) is 17.9 Å². The summed E-state index contributed by atoms with van der Waals surface area (Å²) in [7, 11) is -3.94. The van der Waals surface area contributed by atoms with E-state index >= 15 is 0 Å². The maximum absolute atomic E-state index is 13.6. The molecule has 0 bridgehead atoms. The van der Waals surface area contributed by atoms with Gasteiger partial charge in [-0.2, -0.15) is 0 Å². The molecule has 2 rings (SSSR count). The monoisotopic (exact) mass is 373 g/mol. The number of sulfonamides is 1. The molecule has 2 N–H and O–H groups in total. The molecule has 0 aliphatic carbocycles. The van der Waals surface area contributed by atoms with Crippen LogP contribution in [0.5, 0.6) is 5.75 Å². The second-order valence-electron chi connectivity index (χ2n) is 4.48. The van der Waals surface area contributed by atoms with Gasteiger partial charge in [-0.15, -0.1) is 0 Å². The van der Waals surface area contributed by atoms with Crippen molar-refractivity contribution in [2.75, 3.05) is 0 Å². The van der Waals surface area contributed by atoms with Crippen molar-refractivity contribution < 1.29 is 17.5 Å². The summed E-state index contributed by atoms with van der Waals surface area (Å²) in [6, 6.07) is 9.19. The van der Waals surface area contributed by atoms with Gasteiger partial charge in [0.05, 0.1) is 0 Å². The Kier molecular flexibility index (Phi) is 4.65. The topological polar surface area (TPSA) is 69.4 Å². The van der Waals surface area contributed by atoms with Gasteiger partial charge < -0.3 is 4.74 Å². The van der Waals surface area contributed by atoms with Crippen LogP contribution in [0.2, 0.25) is 0 Å². The Bertz CT molecular complexity index is 778. The van der Waals surface area contributed by atoms with E-state index < -0.39 is 15.8 Å². The Hall–Kier alpha value is -1.44. The molecular formula is C14H13BrFNO3S. The summed E-state index contributed by atoms with van der Waals surface area (Å²) in [5.74, 6) is -0.284. The molecule has 4 nitrogen and oxygen atoms in total. The van der Waals surface area contributed by atoms with E-state index in [4.69, 9.17) is 9.88 Å². The second kappa shape index (κ2) is 6.13. The summed E-state index contributed by atoms with van der Waals surface area (Å²) >= 11 is 3.21. The zero-order valence-corrected chi connectivity index (χ0v) is 13.5. The number of halogens is 2. The molecule has 0 amide bonds. The second-order valence-corrected chi connectivity index (χ2v) is 6.92. The molecule has 2 aromatic rings. The highest BCUT2D eigenvalue weighted by molar-refractivity contribution is 9.10. The molecule has 21 heavy (non-hydrogen) atoms. The predicted molar refractivity (Wildman–Crippen MR) is 81.0 cm³/mol. The standard InChI is InChI=1S/C14H13BrFNO3S/c1-9-6-11(15)7-13(21(17,18)19)14(9)20-8-10-4-2-3-5-12(10)16/h2-7H,8H2,1H3,(H2,17,18,19). The number of rotatable bonds is 4. The molecule has 0 unspecified atom stereocenters. The summed E-state index contributed by atoms with van der Waals surface area (Å²) in [5.41, 5.74) is 0.921. The first kappa shape index (κ1) is 15.9. The Morgan fingerprint density at radius 1 is 1.29 bits per heavy atom. The van der Waals surface area contributed by atoms with Crippen LogP contribution in [0.1, 0.15) is 11.1 Å². The van der Waals surface area contributed by atoms with Gasteiger partial charge in [-0.1, -0.05) is 34.1 Å². The van der Waals surface area contributed by atoms with Crippen LogP contribution in [0, 0.1) is 12.7 Å². The van der Waals surface area contributed by atoms with Crippen LogP contribution in [0.4, 0.5) is 4.39 Å². The molecule has 0 saturated heterocycles. The number of hydrogen-bond donors (Lipinski definition) is 1. The third-order valence-electron chi connectivity index (χ3n) is 2.84. The first-order chi connectivity index (χ1) is 9.79. The Labute approximate surface area is 130 Å². The molecule has 0 fully saturated rings. The van der Waals surface area contributed by atoms with Gasteiger partial charge in [0.1, 0.15) is 23.1 Å².